The van der Waals surface area contributed by atoms with Gasteiger partial charge < -0.3 is 35.5 Å². The number of guanidine groups is 1. The molecule has 6 aliphatic rings. The van der Waals surface area contributed by atoms with Crippen LogP contribution in [-0.2, 0) is 11.2 Å². The fourth-order valence-electron chi connectivity index (χ4n) is 12.5. The van der Waals surface area contributed by atoms with Gasteiger partial charge in [0.2, 0.25) is 0 Å². The molecule has 12 atom stereocenters. The van der Waals surface area contributed by atoms with Gasteiger partial charge in [-0.3, -0.25) is 4.99 Å². The highest BCUT2D eigenvalue weighted by Gasteiger charge is 2.67. The van der Waals surface area contributed by atoms with Crippen molar-refractivity contribution in [2.24, 2.45) is 51.1 Å². The smallest absolute Gasteiger partial charge is 0.190 e. The first-order chi connectivity index (χ1) is 24.4. The Morgan fingerprint density at radius 3 is 2.78 bits per heavy atom. The quantitative estimate of drug-likeness (QED) is 0.0605. The number of fused-ring (bicyclic) bond motifs is 4. The molecule has 8 nitrogen and oxygen atoms in total. The number of hydrogen-bond acceptors (Lipinski definition) is 6. The first kappa shape index (κ1) is 35.6. The van der Waals surface area contributed by atoms with Crippen LogP contribution < -0.4 is 11.1 Å². The van der Waals surface area contributed by atoms with Gasteiger partial charge in [-0.05, 0) is 144 Å². The lowest BCUT2D eigenvalue weighted by molar-refractivity contribution is -0.0712. The number of aliphatic hydroxyl groups is 3. The van der Waals surface area contributed by atoms with E-state index in [-0.39, 0.29) is 28.5 Å². The van der Waals surface area contributed by atoms with Crippen LogP contribution in [0.1, 0.15) is 122 Å². The zero-order chi connectivity index (χ0) is 35.6. The average Bonchev–Trinajstić information content (AvgIpc) is 3.55. The summed E-state index contributed by atoms with van der Waals surface area (Å²) in [6.45, 7) is 10.3. The van der Waals surface area contributed by atoms with Crippen LogP contribution in [0.15, 0.2) is 52.3 Å². The van der Waals surface area contributed by atoms with Crippen molar-refractivity contribution in [3.8, 4) is 0 Å². The minimum atomic E-state index is -0.690. The number of benzene rings is 1. The number of aliphatic hydroxyl groups excluding tert-OH is 2. The molecular formula is C43H63N3O5. The number of aliphatic imine (C=N–C) groups is 1. The van der Waals surface area contributed by atoms with E-state index in [1.165, 1.54) is 43.2 Å². The van der Waals surface area contributed by atoms with Crippen LogP contribution in [0.5, 0.6) is 0 Å². The highest BCUT2D eigenvalue weighted by Crippen LogP contribution is 2.69. The molecule has 51 heavy (non-hydrogen) atoms. The first-order valence-corrected chi connectivity index (χ1v) is 20.3. The van der Waals surface area contributed by atoms with Gasteiger partial charge in [0.05, 0.1) is 35.9 Å². The zero-order valence-electron chi connectivity index (χ0n) is 31.1. The molecule has 8 rings (SSSR count). The second kappa shape index (κ2) is 13.5. The monoisotopic (exact) mass is 701 g/mol. The summed E-state index contributed by atoms with van der Waals surface area (Å²) in [7, 11) is 0. The fourth-order valence-corrected chi connectivity index (χ4v) is 12.5. The summed E-state index contributed by atoms with van der Waals surface area (Å²) in [4.78, 5) is 4.55. The van der Waals surface area contributed by atoms with Crippen molar-refractivity contribution in [2.45, 2.75) is 153 Å². The number of hydrogen-bond donors (Lipinski definition) is 5. The van der Waals surface area contributed by atoms with Crippen molar-refractivity contribution in [1.82, 2.24) is 5.32 Å². The molecule has 1 aliphatic heterocycles. The molecule has 280 valence electrons. The Labute approximate surface area is 304 Å². The number of epoxide rings is 1. The predicted molar refractivity (Wildman–Crippen MR) is 201 cm³/mol. The van der Waals surface area contributed by atoms with Gasteiger partial charge in [0, 0.05) is 35.1 Å². The number of allylic oxidation sites excluding steroid dienone is 1. The van der Waals surface area contributed by atoms with Crippen molar-refractivity contribution in [3.05, 3.63) is 48.4 Å². The fraction of sp³-hybridized carbons (Fsp3) is 0.744. The molecule has 0 amide bonds. The van der Waals surface area contributed by atoms with Gasteiger partial charge in [0.15, 0.2) is 5.96 Å². The van der Waals surface area contributed by atoms with Crippen LogP contribution in [0.3, 0.4) is 0 Å². The molecular weight excluding hydrogens is 638 g/mol. The summed E-state index contributed by atoms with van der Waals surface area (Å²) in [6, 6.07) is 6.18. The van der Waals surface area contributed by atoms with Crippen LogP contribution in [0.4, 0.5) is 0 Å². The van der Waals surface area contributed by atoms with Crippen molar-refractivity contribution < 1.29 is 24.5 Å². The number of nitrogens with zero attached hydrogens (tertiary/aromatic N) is 1. The summed E-state index contributed by atoms with van der Waals surface area (Å²) in [6.07, 6.45) is 19.9. The van der Waals surface area contributed by atoms with E-state index in [2.05, 4.69) is 30.2 Å². The van der Waals surface area contributed by atoms with Gasteiger partial charge in [-0.15, -0.1) is 0 Å². The summed E-state index contributed by atoms with van der Waals surface area (Å²) >= 11 is 0. The molecule has 1 aromatic carbocycles. The Morgan fingerprint density at radius 2 is 1.94 bits per heavy atom. The molecule has 1 saturated heterocycles. The Balaban J connectivity index is 0.856. The molecule has 1 spiro atoms. The number of ether oxygens (including phenoxy) is 1. The number of rotatable bonds is 9. The summed E-state index contributed by atoms with van der Waals surface area (Å²) in [5.74, 6) is 2.87. The number of nitrogens with two attached hydrogens (primary N) is 1. The van der Waals surface area contributed by atoms with Gasteiger partial charge >= 0.3 is 0 Å². The Kier molecular flexibility index (Phi) is 9.41. The standard InChI is InChI=1S/C43H63N3O5/c1-27-21-42(17-11-28(22-42)12-18-43(49)15-5-8-33(47)23-43)38-41(3,51-38)16-13-36-34(27)24-40(36,2)32-10-9-30(20-32)37(48)46-39(44)45-19-14-29-6-4-7-31-25-50-26-35(29)31/h4,6-7,25-26,28,30,32-34,36-38,47-49H,1,5,8-24H2,2-3H3,(H3,44,45,46)/t28-,30+,32-,33+,34-,36-,37+,38-,40-,41-,42-,43+/m1/s1. The number of furan rings is 1. The van der Waals surface area contributed by atoms with E-state index in [1.807, 2.05) is 12.1 Å². The predicted octanol–water partition coefficient (Wildman–Crippen LogP) is 7.39. The molecule has 2 aromatic rings. The van der Waals surface area contributed by atoms with E-state index in [0.717, 1.165) is 81.4 Å². The molecule has 6 N–H and O–H groups in total. The Hall–Kier alpha value is -2.39. The Bertz CT molecular complexity index is 1620. The van der Waals surface area contributed by atoms with Crippen molar-refractivity contribution in [2.75, 3.05) is 6.54 Å². The van der Waals surface area contributed by atoms with Crippen molar-refractivity contribution >= 4 is 16.7 Å². The number of nitrogens with one attached hydrogen (secondary N) is 1. The summed E-state index contributed by atoms with van der Waals surface area (Å²) in [5.41, 5.74) is 8.62. The van der Waals surface area contributed by atoms with Crippen LogP contribution in [-0.4, -0.2) is 57.5 Å². The van der Waals surface area contributed by atoms with Crippen molar-refractivity contribution in [1.29, 1.82) is 0 Å². The van der Waals surface area contributed by atoms with Gasteiger partial charge in [0.25, 0.3) is 0 Å². The lowest BCUT2D eigenvalue weighted by Gasteiger charge is -2.58. The molecule has 0 bridgehead atoms. The second-order valence-electron chi connectivity index (χ2n) is 18.8. The van der Waals surface area contributed by atoms with Crippen LogP contribution in [0.2, 0.25) is 0 Å². The van der Waals surface area contributed by atoms with E-state index in [9.17, 15) is 15.3 Å². The maximum absolute atomic E-state index is 11.2. The minimum Gasteiger partial charge on any atom is -0.471 e. The Morgan fingerprint density at radius 1 is 1.08 bits per heavy atom. The van der Waals surface area contributed by atoms with E-state index in [1.54, 1.807) is 12.5 Å². The third kappa shape index (κ3) is 6.81. The molecule has 5 saturated carbocycles. The molecule has 0 unspecified atom stereocenters. The normalized spacial score (nSPS) is 43.2. The lowest BCUT2D eigenvalue weighted by atomic mass is 9.46. The van der Waals surface area contributed by atoms with Gasteiger partial charge in [-0.2, -0.15) is 0 Å². The second-order valence-corrected chi connectivity index (χ2v) is 18.8. The molecule has 5 aliphatic carbocycles. The van der Waals surface area contributed by atoms with E-state index < -0.39 is 11.8 Å². The summed E-state index contributed by atoms with van der Waals surface area (Å²) in [5, 5.41) is 38.0. The molecule has 8 heteroatoms. The molecule has 1 aromatic heterocycles. The summed E-state index contributed by atoms with van der Waals surface area (Å²) < 4.78 is 12.1. The van der Waals surface area contributed by atoms with Crippen LogP contribution in [0.25, 0.3) is 10.8 Å². The van der Waals surface area contributed by atoms with Crippen molar-refractivity contribution in [3.63, 3.8) is 0 Å². The largest absolute Gasteiger partial charge is 0.471 e. The lowest BCUT2D eigenvalue weighted by Crippen LogP contribution is -2.51. The molecule has 2 heterocycles. The average molecular weight is 702 g/mol. The third-order valence-electron chi connectivity index (χ3n) is 15.5. The van der Waals surface area contributed by atoms with Crippen LogP contribution >= 0.6 is 0 Å². The maximum atomic E-state index is 11.2. The molecule has 0 radical (unpaired) electrons. The first-order valence-electron chi connectivity index (χ1n) is 20.3. The SMILES string of the molecule is C=C1C[C@@]2(CC[C@H](CC[C@@]3(O)CCC[C@H](O)C3)C2)[C@@H]2O[C@]2(C)CC[C@@H]2[C@@H]1C[C@]2(C)[C@@H]1CC[C@H]([C@H](O)NC(N)=NCCc2cccc3cocc23)C1. The van der Waals surface area contributed by atoms with Gasteiger partial charge in [-0.25, -0.2) is 0 Å². The van der Waals surface area contributed by atoms with E-state index in [0.29, 0.717) is 48.7 Å². The highest BCUT2D eigenvalue weighted by atomic mass is 16.6. The van der Waals surface area contributed by atoms with Gasteiger partial charge in [-0.1, -0.05) is 37.3 Å². The third-order valence-corrected chi connectivity index (χ3v) is 15.5. The van der Waals surface area contributed by atoms with Crippen LogP contribution in [0, 0.1) is 40.4 Å². The van der Waals surface area contributed by atoms with E-state index >= 15 is 0 Å². The maximum Gasteiger partial charge on any atom is 0.190 e. The highest BCUT2D eigenvalue weighted by molar-refractivity contribution is 5.84. The minimum absolute atomic E-state index is 0.0353. The topological polar surface area (TPSA) is 137 Å². The van der Waals surface area contributed by atoms with Gasteiger partial charge in [0.1, 0.15) is 6.23 Å². The zero-order valence-corrected chi connectivity index (χ0v) is 31.1. The molecule has 6 fully saturated rings. The van der Waals surface area contributed by atoms with E-state index in [4.69, 9.17) is 21.5 Å².